The zero-order valence-corrected chi connectivity index (χ0v) is 21.7. The quantitative estimate of drug-likeness (QED) is 0.330. The fourth-order valence-electron chi connectivity index (χ4n) is 3.17. The van der Waals surface area contributed by atoms with Crippen LogP contribution in [0, 0.1) is 0 Å². The van der Waals surface area contributed by atoms with Gasteiger partial charge in [-0.1, -0.05) is 0 Å². The van der Waals surface area contributed by atoms with Crippen LogP contribution in [0.4, 0.5) is 17.5 Å². The van der Waals surface area contributed by atoms with Gasteiger partial charge in [0.05, 0.1) is 29.8 Å². The molecule has 5 heterocycles. The minimum Gasteiger partial charge on any atom is -0.659 e. The molecule has 13 heteroatoms. The Morgan fingerprint density at radius 2 is 1.90 bits per heavy atom. The molecule has 12 nitrogen and oxygen atoms in total. The van der Waals surface area contributed by atoms with Crippen LogP contribution in [0.1, 0.15) is 10.4 Å². The van der Waals surface area contributed by atoms with Crippen molar-refractivity contribution in [2.45, 2.75) is 0 Å². The summed E-state index contributed by atoms with van der Waals surface area (Å²) in [6.07, 6.45) is 7.66. The van der Waals surface area contributed by atoms with E-state index in [1.807, 2.05) is 0 Å². The van der Waals surface area contributed by atoms with Crippen LogP contribution in [0.3, 0.4) is 0 Å². The van der Waals surface area contributed by atoms with Crippen molar-refractivity contribution in [3.63, 3.8) is 0 Å². The largest absolute Gasteiger partial charge is 1.00 e. The van der Waals surface area contributed by atoms with E-state index in [0.717, 1.165) is 26.2 Å². The number of primary amides is 1. The third-order valence-electron chi connectivity index (χ3n) is 4.68. The molecule has 5 rings (SSSR count). The smallest absolute Gasteiger partial charge is 0.659 e. The van der Waals surface area contributed by atoms with Crippen LogP contribution >= 0.6 is 0 Å². The van der Waals surface area contributed by atoms with Crippen LogP contribution in [-0.4, -0.2) is 61.6 Å². The first-order chi connectivity index (χ1) is 14.7. The Balaban J connectivity index is 0.00000231. The van der Waals surface area contributed by atoms with Gasteiger partial charge in [0.1, 0.15) is 18.3 Å². The van der Waals surface area contributed by atoms with Crippen LogP contribution in [0.5, 0.6) is 0 Å². The number of hydrogen-bond donors (Lipinski definition) is 2. The third-order valence-corrected chi connectivity index (χ3v) is 4.68. The van der Waals surface area contributed by atoms with Crippen molar-refractivity contribution in [2.24, 2.45) is 5.73 Å². The Morgan fingerprint density at radius 1 is 1.13 bits per heavy atom. The number of aromatic nitrogens is 6. The van der Waals surface area contributed by atoms with E-state index in [0.29, 0.717) is 34.6 Å². The molecule has 0 bridgehead atoms. The molecule has 4 aromatic heterocycles. The molecule has 0 spiro atoms. The first-order valence-corrected chi connectivity index (χ1v) is 9.24. The van der Waals surface area contributed by atoms with Crippen molar-refractivity contribution in [2.75, 3.05) is 36.4 Å². The summed E-state index contributed by atoms with van der Waals surface area (Å²) in [6, 6.07) is 1.54. The minimum absolute atomic E-state index is 0. The van der Waals surface area contributed by atoms with Crippen molar-refractivity contribution in [1.29, 1.82) is 0 Å². The Bertz CT molecular complexity index is 1200. The number of hydrogen-bond acceptors (Lipinski definition) is 9. The van der Waals surface area contributed by atoms with Crippen molar-refractivity contribution in [1.82, 2.24) is 29.5 Å². The van der Waals surface area contributed by atoms with Gasteiger partial charge in [0, 0.05) is 13.1 Å². The van der Waals surface area contributed by atoms with Gasteiger partial charge in [-0.25, -0.2) is 24.5 Å². The van der Waals surface area contributed by atoms with Crippen LogP contribution in [0.25, 0.3) is 22.4 Å². The van der Waals surface area contributed by atoms with Gasteiger partial charge in [-0.05, 0) is 6.07 Å². The molecule has 1 aliphatic heterocycles. The SMILES string of the molecule is NC(=O)c1coc(-c2cnc(Nc3cnc(N4CC[N-]CC4)nc3)c3ncnn23)c1.[Rb+]. The molecule has 4 aromatic rings. The monoisotopic (exact) mass is 490 g/mol. The first kappa shape index (κ1) is 22.0. The average Bonchev–Trinajstić information content (AvgIpc) is 3.46. The van der Waals surface area contributed by atoms with Crippen molar-refractivity contribution in [3.8, 4) is 11.5 Å². The molecular formula is C18H17N10O2Rb. The zero-order chi connectivity index (χ0) is 20.5. The van der Waals surface area contributed by atoms with Crippen LogP contribution < -0.4 is 74.1 Å². The molecule has 1 aliphatic rings. The Morgan fingerprint density at radius 3 is 2.61 bits per heavy atom. The Hall–Kier alpha value is -2.25. The van der Waals surface area contributed by atoms with Crippen LogP contribution in [0.15, 0.2) is 41.7 Å². The number of nitrogens with zero attached hydrogens (tertiary/aromatic N) is 8. The molecule has 0 aromatic carbocycles. The predicted octanol–water partition coefficient (Wildman–Crippen LogP) is -1.79. The summed E-state index contributed by atoms with van der Waals surface area (Å²) in [5.74, 6) is 0.980. The second-order valence-corrected chi connectivity index (χ2v) is 6.61. The molecule has 1 saturated heterocycles. The maximum Gasteiger partial charge on any atom is 1.00 e. The summed E-state index contributed by atoms with van der Waals surface area (Å²) in [6.45, 7) is 3.23. The van der Waals surface area contributed by atoms with Gasteiger partial charge in [0.25, 0.3) is 5.91 Å². The van der Waals surface area contributed by atoms with Gasteiger partial charge in [0.15, 0.2) is 17.2 Å². The van der Waals surface area contributed by atoms with Crippen LogP contribution in [0.2, 0.25) is 0 Å². The Kier molecular flexibility index (Phi) is 6.72. The van der Waals surface area contributed by atoms with E-state index in [1.165, 1.54) is 18.7 Å². The molecule has 0 unspecified atom stereocenters. The molecule has 0 radical (unpaired) electrons. The number of piperazine rings is 1. The number of amides is 1. The van der Waals surface area contributed by atoms with E-state index in [2.05, 4.69) is 40.6 Å². The average molecular weight is 491 g/mol. The summed E-state index contributed by atoms with van der Waals surface area (Å²) < 4.78 is 7.00. The van der Waals surface area contributed by atoms with E-state index in [9.17, 15) is 4.79 Å². The summed E-state index contributed by atoms with van der Waals surface area (Å²) in [5, 5.41) is 11.7. The van der Waals surface area contributed by atoms with E-state index in [-0.39, 0.29) is 63.8 Å². The fourth-order valence-corrected chi connectivity index (χ4v) is 3.17. The maximum atomic E-state index is 11.3. The molecule has 3 N–H and O–H groups in total. The van der Waals surface area contributed by atoms with Crippen molar-refractivity contribution >= 4 is 29.0 Å². The maximum absolute atomic E-state index is 11.3. The number of furan rings is 1. The molecule has 152 valence electrons. The van der Waals surface area contributed by atoms with E-state index >= 15 is 0 Å². The number of nitrogens with one attached hydrogen (secondary N) is 1. The fraction of sp³-hybridized carbons (Fsp3) is 0.222. The Labute approximate surface area is 225 Å². The van der Waals surface area contributed by atoms with Gasteiger partial charge in [-0.3, -0.25) is 4.79 Å². The normalized spacial score (nSPS) is 13.7. The van der Waals surface area contributed by atoms with Gasteiger partial charge >= 0.3 is 58.2 Å². The molecular weight excluding hydrogens is 474 g/mol. The van der Waals surface area contributed by atoms with Gasteiger partial charge in [0.2, 0.25) is 5.95 Å². The van der Waals surface area contributed by atoms with E-state index < -0.39 is 5.91 Å². The molecule has 0 saturated carbocycles. The van der Waals surface area contributed by atoms with Gasteiger partial charge < -0.3 is 25.7 Å². The molecule has 1 amide bonds. The second kappa shape index (κ2) is 9.48. The number of carbonyl (C=O) groups excluding carboxylic acids is 1. The zero-order valence-electron chi connectivity index (χ0n) is 16.8. The van der Waals surface area contributed by atoms with Crippen molar-refractivity contribution in [3.05, 3.63) is 48.1 Å². The van der Waals surface area contributed by atoms with Gasteiger partial charge in [-0.2, -0.15) is 5.10 Å². The minimum atomic E-state index is -0.575. The number of nitrogens with two attached hydrogens (primary N) is 1. The summed E-state index contributed by atoms with van der Waals surface area (Å²) in [4.78, 5) is 31.0. The summed E-state index contributed by atoms with van der Waals surface area (Å²) >= 11 is 0. The topological polar surface area (TPSA) is 154 Å². The van der Waals surface area contributed by atoms with E-state index in [1.54, 1.807) is 23.1 Å². The molecule has 31 heavy (non-hydrogen) atoms. The van der Waals surface area contributed by atoms with Gasteiger partial charge in [-0.15, -0.1) is 13.1 Å². The molecule has 0 aliphatic carbocycles. The van der Waals surface area contributed by atoms with Crippen LogP contribution in [-0.2, 0) is 0 Å². The van der Waals surface area contributed by atoms with E-state index in [4.69, 9.17) is 10.2 Å². The second-order valence-electron chi connectivity index (χ2n) is 6.61. The number of rotatable bonds is 5. The predicted molar refractivity (Wildman–Crippen MR) is 108 cm³/mol. The first-order valence-electron chi connectivity index (χ1n) is 9.24. The van der Waals surface area contributed by atoms with Crippen molar-refractivity contribution < 1.29 is 67.4 Å². The number of carbonyl (C=O) groups is 1. The third kappa shape index (κ3) is 4.53. The summed E-state index contributed by atoms with van der Waals surface area (Å²) in [5.41, 5.74) is 7.23. The number of fused-ring (bicyclic) bond motifs is 1. The molecule has 0 atom stereocenters. The number of anilines is 3. The standard InChI is InChI=1S/C18H17N10O2.Rb/c19-15(29)11-5-14(30-9-11)13-8-21-16(17-24-10-25-28(13)17)26-12-6-22-18(23-7-12)27-3-1-20-2-4-27;/h5-10H,1-4H2,(H2,19,29)(H,21,26);/q-1;+1. The summed E-state index contributed by atoms with van der Waals surface area (Å²) in [7, 11) is 0. The molecule has 1 fully saturated rings.